The average Bonchev–Trinajstić information content (AvgIpc) is 3.09. The summed E-state index contributed by atoms with van der Waals surface area (Å²) >= 11 is 5.98. The third-order valence-electron chi connectivity index (χ3n) is 4.37. The minimum absolute atomic E-state index is 0.259. The van der Waals surface area contributed by atoms with Crippen LogP contribution < -0.4 is 4.90 Å². The van der Waals surface area contributed by atoms with Gasteiger partial charge in [0.15, 0.2) is 11.5 Å². The fraction of sp³-hybridized carbons (Fsp3) is 0.0500. The molecule has 0 aliphatic rings. The molecule has 2 aromatic heterocycles. The van der Waals surface area contributed by atoms with Crippen molar-refractivity contribution in [2.24, 2.45) is 0 Å². The van der Waals surface area contributed by atoms with Crippen molar-refractivity contribution in [3.8, 4) is 22.8 Å². The summed E-state index contributed by atoms with van der Waals surface area (Å²) in [6.45, 7) is 0. The van der Waals surface area contributed by atoms with Crippen molar-refractivity contribution in [1.29, 1.82) is 0 Å². The molecule has 7 nitrogen and oxygen atoms in total. The number of imidazole rings is 1. The summed E-state index contributed by atoms with van der Waals surface area (Å²) in [7, 11) is 1.58. The summed E-state index contributed by atoms with van der Waals surface area (Å²) in [6, 6.07) is 12.9. The summed E-state index contributed by atoms with van der Waals surface area (Å²) in [5, 5.41) is 19.9. The summed E-state index contributed by atoms with van der Waals surface area (Å²) in [5.74, 6) is -0.534. The molecule has 1 amide bonds. The van der Waals surface area contributed by atoms with E-state index in [1.165, 1.54) is 23.1 Å². The summed E-state index contributed by atoms with van der Waals surface area (Å²) in [4.78, 5) is 23.5. The summed E-state index contributed by atoms with van der Waals surface area (Å²) in [5.41, 5.74) is 1.93. The predicted molar refractivity (Wildman–Crippen MR) is 106 cm³/mol. The van der Waals surface area contributed by atoms with Gasteiger partial charge >= 0.3 is 0 Å². The van der Waals surface area contributed by atoms with Crippen molar-refractivity contribution in [3.05, 3.63) is 71.6 Å². The molecule has 0 saturated heterocycles. The number of anilines is 1. The maximum atomic E-state index is 13.3. The number of carbonyl (C=O) groups excluding carboxylic acids is 1. The van der Waals surface area contributed by atoms with Crippen LogP contribution in [0.5, 0.6) is 11.5 Å². The maximum Gasteiger partial charge on any atom is 0.277 e. The molecule has 0 saturated carbocycles. The molecule has 4 rings (SSSR count). The number of phenolic OH excluding ortho intramolecular Hbond substituents is 2. The van der Waals surface area contributed by atoms with Crippen molar-refractivity contribution < 1.29 is 15.0 Å². The Morgan fingerprint density at radius 2 is 1.86 bits per heavy atom. The molecule has 0 radical (unpaired) electrons. The summed E-state index contributed by atoms with van der Waals surface area (Å²) in [6.07, 6.45) is 3.31. The highest BCUT2D eigenvalue weighted by atomic mass is 35.5. The van der Waals surface area contributed by atoms with E-state index in [-0.39, 0.29) is 17.4 Å². The topological polar surface area (TPSA) is 91.0 Å². The first-order chi connectivity index (χ1) is 13.5. The lowest BCUT2D eigenvalue weighted by atomic mass is 10.1. The highest BCUT2D eigenvalue weighted by Crippen LogP contribution is 2.31. The van der Waals surface area contributed by atoms with Gasteiger partial charge in [0.25, 0.3) is 5.91 Å². The molecule has 0 unspecified atom stereocenters. The molecule has 0 aliphatic heterocycles. The van der Waals surface area contributed by atoms with Crippen molar-refractivity contribution in [3.63, 3.8) is 0 Å². The number of hydrogen-bond donors (Lipinski definition) is 2. The van der Waals surface area contributed by atoms with Gasteiger partial charge in [0, 0.05) is 41.8 Å². The lowest BCUT2D eigenvalue weighted by Gasteiger charge is -2.18. The molecule has 0 atom stereocenters. The van der Waals surface area contributed by atoms with Crippen LogP contribution in [0.1, 0.15) is 10.5 Å². The molecule has 2 N–H and O–H groups in total. The highest BCUT2D eigenvalue weighted by Gasteiger charge is 2.25. The van der Waals surface area contributed by atoms with Gasteiger partial charge in [-0.15, -0.1) is 0 Å². The van der Waals surface area contributed by atoms with Crippen LogP contribution in [0.2, 0.25) is 5.02 Å². The van der Waals surface area contributed by atoms with Crippen molar-refractivity contribution >= 4 is 29.0 Å². The SMILES string of the molecule is CN(C(=O)c1c(-c2ccc(Cl)cc2)nc2ncccn12)c1ccc(O)c(O)c1. The number of amides is 1. The second-order valence-corrected chi connectivity index (χ2v) is 6.58. The van der Waals surface area contributed by atoms with Gasteiger partial charge in [0.1, 0.15) is 11.4 Å². The molecule has 8 heteroatoms. The first kappa shape index (κ1) is 17.8. The standard InChI is InChI=1S/C20H15ClN4O3/c1-24(14-7-8-15(26)16(27)11-14)19(28)18-17(12-3-5-13(21)6-4-12)23-20-22-9-2-10-25(18)20/h2-11,26-27H,1H3. The fourth-order valence-corrected chi connectivity index (χ4v) is 3.02. The predicted octanol–water partition coefficient (Wildman–Crippen LogP) is 3.74. The zero-order valence-corrected chi connectivity index (χ0v) is 15.5. The Balaban J connectivity index is 1.86. The Morgan fingerprint density at radius 3 is 2.57 bits per heavy atom. The second kappa shape index (κ2) is 6.86. The van der Waals surface area contributed by atoms with Crippen LogP contribution in [0.4, 0.5) is 5.69 Å². The maximum absolute atomic E-state index is 13.3. The van der Waals surface area contributed by atoms with Crippen LogP contribution >= 0.6 is 11.6 Å². The number of aromatic hydroxyl groups is 2. The smallest absolute Gasteiger partial charge is 0.277 e. The van der Waals surface area contributed by atoms with Gasteiger partial charge in [-0.2, -0.15) is 0 Å². The number of benzene rings is 2. The molecule has 0 bridgehead atoms. The quantitative estimate of drug-likeness (QED) is 0.516. The van der Waals surface area contributed by atoms with E-state index < -0.39 is 0 Å². The van der Waals surface area contributed by atoms with Gasteiger partial charge in [-0.3, -0.25) is 9.20 Å². The van der Waals surface area contributed by atoms with E-state index in [4.69, 9.17) is 11.6 Å². The van der Waals surface area contributed by atoms with E-state index in [0.717, 1.165) is 5.56 Å². The third-order valence-corrected chi connectivity index (χ3v) is 4.63. The van der Waals surface area contributed by atoms with Crippen LogP contribution in [0.15, 0.2) is 60.9 Å². The van der Waals surface area contributed by atoms with Gasteiger partial charge in [-0.05, 0) is 30.3 Å². The van der Waals surface area contributed by atoms with Gasteiger partial charge in [0.2, 0.25) is 5.78 Å². The first-order valence-electron chi connectivity index (χ1n) is 8.35. The van der Waals surface area contributed by atoms with Crippen LogP contribution in [-0.2, 0) is 0 Å². The average molecular weight is 395 g/mol. The van der Waals surface area contributed by atoms with Gasteiger partial charge in [-0.1, -0.05) is 23.7 Å². The first-order valence-corrected chi connectivity index (χ1v) is 8.72. The van der Waals surface area contributed by atoms with E-state index in [9.17, 15) is 15.0 Å². The van der Waals surface area contributed by atoms with E-state index >= 15 is 0 Å². The molecule has 28 heavy (non-hydrogen) atoms. The van der Waals surface area contributed by atoms with E-state index in [0.29, 0.717) is 27.9 Å². The number of carbonyl (C=O) groups is 1. The number of rotatable bonds is 3. The minimum Gasteiger partial charge on any atom is -0.504 e. The largest absolute Gasteiger partial charge is 0.504 e. The lowest BCUT2D eigenvalue weighted by molar-refractivity contribution is 0.0988. The monoisotopic (exact) mass is 394 g/mol. The van der Waals surface area contributed by atoms with E-state index in [2.05, 4.69) is 9.97 Å². The Labute approximate surface area is 165 Å². The van der Waals surface area contributed by atoms with E-state index in [1.54, 1.807) is 54.2 Å². The van der Waals surface area contributed by atoms with Crippen LogP contribution in [0, 0.1) is 0 Å². The van der Waals surface area contributed by atoms with Crippen molar-refractivity contribution in [2.45, 2.75) is 0 Å². The molecule has 4 aromatic rings. The Kier molecular flexibility index (Phi) is 4.37. The number of phenols is 2. The number of aromatic nitrogens is 3. The summed E-state index contributed by atoms with van der Waals surface area (Å²) < 4.78 is 1.61. The fourth-order valence-electron chi connectivity index (χ4n) is 2.90. The third kappa shape index (κ3) is 3.01. The minimum atomic E-state index is -0.351. The Bertz CT molecular complexity index is 1190. The zero-order valence-electron chi connectivity index (χ0n) is 14.7. The Morgan fingerprint density at radius 1 is 1.11 bits per heavy atom. The molecular weight excluding hydrogens is 380 g/mol. The molecule has 0 aliphatic carbocycles. The van der Waals surface area contributed by atoms with Gasteiger partial charge < -0.3 is 15.1 Å². The molecular formula is C20H15ClN4O3. The number of halogens is 1. The van der Waals surface area contributed by atoms with Crippen LogP contribution in [-0.4, -0.2) is 37.5 Å². The second-order valence-electron chi connectivity index (χ2n) is 6.14. The van der Waals surface area contributed by atoms with Gasteiger partial charge in [-0.25, -0.2) is 9.97 Å². The lowest BCUT2D eigenvalue weighted by Crippen LogP contribution is -2.28. The van der Waals surface area contributed by atoms with Gasteiger partial charge in [0.05, 0.1) is 0 Å². The Hall–Kier alpha value is -3.58. The number of nitrogens with zero attached hydrogens (tertiary/aromatic N) is 4. The molecule has 0 fully saturated rings. The van der Waals surface area contributed by atoms with E-state index in [1.807, 2.05) is 0 Å². The number of fused-ring (bicyclic) bond motifs is 1. The molecule has 2 heterocycles. The van der Waals surface area contributed by atoms with Crippen molar-refractivity contribution in [1.82, 2.24) is 14.4 Å². The zero-order chi connectivity index (χ0) is 19.8. The van der Waals surface area contributed by atoms with Crippen LogP contribution in [0.25, 0.3) is 17.0 Å². The molecule has 0 spiro atoms. The molecule has 2 aromatic carbocycles. The van der Waals surface area contributed by atoms with Crippen molar-refractivity contribution in [2.75, 3.05) is 11.9 Å². The normalized spacial score (nSPS) is 10.9. The number of hydrogen-bond acceptors (Lipinski definition) is 5. The van der Waals surface area contributed by atoms with Crippen LogP contribution in [0.3, 0.4) is 0 Å². The molecule has 140 valence electrons. The highest BCUT2D eigenvalue weighted by molar-refractivity contribution is 6.30.